The van der Waals surface area contributed by atoms with Crippen molar-refractivity contribution >= 4 is 32.5 Å². The lowest BCUT2D eigenvalue weighted by Gasteiger charge is -2.25. The predicted molar refractivity (Wildman–Crippen MR) is 142 cm³/mol. The number of rotatable bonds is 9. The zero-order valence-electron chi connectivity index (χ0n) is 21.1. The highest BCUT2D eigenvalue weighted by Crippen LogP contribution is 2.48. The number of aromatic amines is 1. The van der Waals surface area contributed by atoms with Crippen LogP contribution in [0, 0.1) is 5.82 Å². The summed E-state index contributed by atoms with van der Waals surface area (Å²) in [6.45, 7) is 1.15. The molecule has 6 rings (SSSR count). The van der Waals surface area contributed by atoms with E-state index >= 15 is 0 Å². The van der Waals surface area contributed by atoms with Crippen LogP contribution < -0.4 is 15.4 Å². The van der Waals surface area contributed by atoms with E-state index in [9.17, 15) is 17.6 Å². The maximum absolute atomic E-state index is 13.7. The van der Waals surface area contributed by atoms with Crippen molar-refractivity contribution in [1.82, 2.24) is 15.5 Å². The molecule has 0 radical (unpaired) electrons. The van der Waals surface area contributed by atoms with Gasteiger partial charge in [0.25, 0.3) is 0 Å². The Balaban J connectivity index is 1.47. The van der Waals surface area contributed by atoms with Crippen LogP contribution in [-0.4, -0.2) is 50.3 Å². The Morgan fingerprint density at radius 3 is 2.62 bits per heavy atom. The van der Waals surface area contributed by atoms with Gasteiger partial charge in [-0.15, -0.1) is 0 Å². The fourth-order valence-corrected chi connectivity index (χ4v) is 5.82. The van der Waals surface area contributed by atoms with E-state index in [2.05, 4.69) is 25.1 Å². The second-order valence-electron chi connectivity index (χ2n) is 9.67. The molecule has 1 saturated carbocycles. The third-order valence-corrected chi connectivity index (χ3v) is 7.95. The number of aromatic nitrogens is 2. The average molecular weight is 556 g/mol. The van der Waals surface area contributed by atoms with Crippen LogP contribution in [0.5, 0.6) is 0 Å². The number of hydrogen-bond donors (Lipinski definition) is 2. The van der Waals surface area contributed by atoms with E-state index in [4.69, 9.17) is 9.25 Å². The summed E-state index contributed by atoms with van der Waals surface area (Å²) in [7, 11) is -3.67. The smallest absolute Gasteiger partial charge is 0.438 e. The van der Waals surface area contributed by atoms with Crippen LogP contribution in [0.3, 0.4) is 0 Å². The maximum Gasteiger partial charge on any atom is 0.438 e. The molecule has 204 valence electrons. The van der Waals surface area contributed by atoms with Crippen LogP contribution in [0.15, 0.2) is 55.3 Å². The first kappa shape index (κ1) is 25.2. The van der Waals surface area contributed by atoms with Gasteiger partial charge in [0.05, 0.1) is 24.1 Å². The fraction of sp³-hybridized carbons (Fsp3) is 0.346. The van der Waals surface area contributed by atoms with Gasteiger partial charge in [0.2, 0.25) is 10.0 Å². The minimum Gasteiger partial charge on any atom is -0.455 e. The zero-order valence-corrected chi connectivity index (χ0v) is 21.9. The first-order chi connectivity index (χ1) is 18.8. The van der Waals surface area contributed by atoms with Gasteiger partial charge in [-0.05, 0) is 61.1 Å². The van der Waals surface area contributed by atoms with Gasteiger partial charge in [0.1, 0.15) is 23.8 Å². The number of fused-ring (bicyclic) bond motifs is 1. The summed E-state index contributed by atoms with van der Waals surface area (Å²) in [6.07, 6.45) is 3.79. The Morgan fingerprint density at radius 1 is 1.18 bits per heavy atom. The minimum absolute atomic E-state index is 0.166. The second-order valence-corrected chi connectivity index (χ2v) is 11.6. The summed E-state index contributed by atoms with van der Waals surface area (Å²) in [5.74, 6) is 0.505. The average Bonchev–Trinajstić information content (AvgIpc) is 3.57. The van der Waals surface area contributed by atoms with Crippen LogP contribution in [-0.2, 0) is 21.3 Å². The van der Waals surface area contributed by atoms with Gasteiger partial charge < -0.3 is 14.6 Å². The number of aryl methyl sites for hydroxylation is 1. The fourth-order valence-electron chi connectivity index (χ4n) is 4.84. The molecular formula is C26H26FN5O6S. The Bertz CT molecular complexity index is 1720. The Labute approximate surface area is 222 Å². The summed E-state index contributed by atoms with van der Waals surface area (Å²) in [5, 5.41) is 11.9. The molecule has 11 nitrogen and oxygen atoms in total. The molecule has 2 aromatic heterocycles. The molecule has 0 saturated heterocycles. The second kappa shape index (κ2) is 9.88. The lowest BCUT2D eigenvalue weighted by molar-refractivity contribution is 0.136. The van der Waals surface area contributed by atoms with E-state index in [0.29, 0.717) is 65.8 Å². The molecule has 3 heterocycles. The molecule has 1 aliphatic heterocycles. The number of amidine groups is 1. The maximum atomic E-state index is 13.7. The monoisotopic (exact) mass is 555 g/mol. The van der Waals surface area contributed by atoms with Crippen molar-refractivity contribution < 1.29 is 26.6 Å². The number of furan rings is 1. The van der Waals surface area contributed by atoms with Crippen molar-refractivity contribution in [2.75, 3.05) is 30.3 Å². The van der Waals surface area contributed by atoms with E-state index < -0.39 is 15.8 Å². The Morgan fingerprint density at radius 2 is 1.97 bits per heavy atom. The summed E-state index contributed by atoms with van der Waals surface area (Å²) in [4.78, 5) is 19.1. The van der Waals surface area contributed by atoms with Crippen molar-refractivity contribution in [3.05, 3.63) is 69.7 Å². The van der Waals surface area contributed by atoms with Crippen LogP contribution >= 0.6 is 0 Å². The van der Waals surface area contributed by atoms with Gasteiger partial charge in [-0.3, -0.25) is 13.8 Å². The number of anilines is 1. The number of oxime groups is 1. The molecule has 0 unspecified atom stereocenters. The van der Waals surface area contributed by atoms with Gasteiger partial charge in [-0.25, -0.2) is 17.6 Å². The number of hydrogen-bond acceptors (Lipinski definition) is 9. The topological polar surface area (TPSA) is 143 Å². The SMILES string of the molecule is CS(=O)(=O)N(CCCc1noc(=O)[nH]1)c1cc2oc(-c3ccc(F)cc3)c(C3=NOCCN3)c2cc1C1CC1. The third kappa shape index (κ3) is 5.13. The molecule has 2 aliphatic rings. The van der Waals surface area contributed by atoms with Crippen molar-refractivity contribution in [1.29, 1.82) is 0 Å². The van der Waals surface area contributed by atoms with Crippen LogP contribution in [0.1, 0.15) is 42.1 Å². The highest BCUT2D eigenvalue weighted by atomic mass is 32.2. The van der Waals surface area contributed by atoms with Crippen molar-refractivity contribution in [3.8, 4) is 11.3 Å². The standard InChI is InChI=1S/C26H26FN5O6S/c1-39(34,35)32(11-2-3-22-29-26(33)38-30-22)20-14-21-19(13-18(20)15-4-5-15)23(25-28-10-12-36-31-25)24(37-21)16-6-8-17(27)9-7-16/h6-9,13-15H,2-5,10-12H2,1H3,(H,28,31)(H,29,30,33). The third-order valence-electron chi connectivity index (χ3n) is 6.77. The van der Waals surface area contributed by atoms with E-state index in [0.717, 1.165) is 23.8 Å². The number of nitrogens with zero attached hydrogens (tertiary/aromatic N) is 3. The Hall–Kier alpha value is -4.13. The number of nitrogens with one attached hydrogen (secondary N) is 2. The molecule has 0 atom stereocenters. The van der Waals surface area contributed by atoms with Crippen molar-refractivity contribution in [3.63, 3.8) is 0 Å². The minimum atomic E-state index is -3.67. The molecule has 0 amide bonds. The molecule has 2 N–H and O–H groups in total. The molecule has 4 aromatic rings. The van der Waals surface area contributed by atoms with Crippen molar-refractivity contribution in [2.24, 2.45) is 5.16 Å². The van der Waals surface area contributed by atoms with Gasteiger partial charge >= 0.3 is 5.76 Å². The van der Waals surface area contributed by atoms with Crippen LogP contribution in [0.2, 0.25) is 0 Å². The number of sulfonamides is 1. The zero-order chi connectivity index (χ0) is 27.1. The first-order valence-electron chi connectivity index (χ1n) is 12.6. The normalized spacial score (nSPS) is 15.6. The number of H-pyrrole nitrogens is 1. The van der Waals surface area contributed by atoms with Crippen LogP contribution in [0.4, 0.5) is 10.1 Å². The van der Waals surface area contributed by atoms with Gasteiger partial charge in [-0.1, -0.05) is 10.3 Å². The highest BCUT2D eigenvalue weighted by molar-refractivity contribution is 7.92. The molecule has 2 aromatic carbocycles. The predicted octanol–water partition coefficient (Wildman–Crippen LogP) is 3.47. The van der Waals surface area contributed by atoms with Gasteiger partial charge in [-0.2, -0.15) is 0 Å². The number of halogens is 1. The molecule has 1 aliphatic carbocycles. The van der Waals surface area contributed by atoms with E-state index in [1.165, 1.54) is 22.7 Å². The molecule has 0 spiro atoms. The lowest BCUT2D eigenvalue weighted by Crippen LogP contribution is -2.32. The van der Waals surface area contributed by atoms with Gasteiger partial charge in [0, 0.05) is 30.0 Å². The highest BCUT2D eigenvalue weighted by Gasteiger charge is 2.33. The lowest BCUT2D eigenvalue weighted by atomic mass is 10.00. The summed E-state index contributed by atoms with van der Waals surface area (Å²) >= 11 is 0. The summed E-state index contributed by atoms with van der Waals surface area (Å²) in [6, 6.07) is 9.69. The van der Waals surface area contributed by atoms with Crippen molar-refractivity contribution in [2.45, 2.75) is 31.6 Å². The van der Waals surface area contributed by atoms with Gasteiger partial charge in [0.15, 0.2) is 11.7 Å². The van der Waals surface area contributed by atoms with E-state index in [-0.39, 0.29) is 18.3 Å². The van der Waals surface area contributed by atoms with Crippen LogP contribution in [0.25, 0.3) is 22.3 Å². The molecule has 0 bridgehead atoms. The quantitative estimate of drug-likeness (QED) is 0.320. The largest absolute Gasteiger partial charge is 0.455 e. The summed E-state index contributed by atoms with van der Waals surface area (Å²) in [5.41, 5.74) is 3.22. The molecule has 13 heteroatoms. The first-order valence-corrected chi connectivity index (χ1v) is 14.5. The van der Waals surface area contributed by atoms with E-state index in [1.807, 2.05) is 6.07 Å². The summed E-state index contributed by atoms with van der Waals surface area (Å²) < 4.78 is 52.0. The number of benzene rings is 2. The molecule has 39 heavy (non-hydrogen) atoms. The van der Waals surface area contributed by atoms with E-state index in [1.54, 1.807) is 18.2 Å². The molecular weight excluding hydrogens is 529 g/mol. The molecule has 1 fully saturated rings. The Kier molecular flexibility index (Phi) is 6.37.